The van der Waals surface area contributed by atoms with Crippen LogP contribution >= 0.6 is 0 Å². The van der Waals surface area contributed by atoms with E-state index in [1.165, 1.54) is 11.1 Å². The molecular weight excluding hydrogens is 248 g/mol. The minimum Gasteiger partial charge on any atom is -0.492 e. The molecule has 1 aromatic heterocycles. The summed E-state index contributed by atoms with van der Waals surface area (Å²) in [5, 5.41) is 3.38. The van der Waals surface area contributed by atoms with Crippen molar-refractivity contribution in [2.45, 2.75) is 25.8 Å². The number of pyridine rings is 1. The maximum Gasteiger partial charge on any atom is 0.137 e. The number of aromatic nitrogens is 1. The second-order valence-electron chi connectivity index (χ2n) is 4.75. The van der Waals surface area contributed by atoms with Gasteiger partial charge in [0.15, 0.2) is 0 Å². The predicted octanol–water partition coefficient (Wildman–Crippen LogP) is 3.37. The van der Waals surface area contributed by atoms with Crippen LogP contribution in [0.15, 0.2) is 48.8 Å². The van der Waals surface area contributed by atoms with Crippen LogP contribution in [0.1, 0.15) is 30.5 Å². The van der Waals surface area contributed by atoms with E-state index in [2.05, 4.69) is 40.6 Å². The highest BCUT2D eigenvalue weighted by atomic mass is 16.5. The van der Waals surface area contributed by atoms with Gasteiger partial charge in [0.05, 0.1) is 12.8 Å². The molecule has 1 atom stereocenters. The monoisotopic (exact) mass is 270 g/mol. The van der Waals surface area contributed by atoms with Gasteiger partial charge in [0.25, 0.3) is 0 Å². The quantitative estimate of drug-likeness (QED) is 0.837. The summed E-state index contributed by atoms with van der Waals surface area (Å²) in [6, 6.07) is 13.0. The molecule has 0 fully saturated rings. The summed E-state index contributed by atoms with van der Waals surface area (Å²) in [4.78, 5) is 4.23. The van der Waals surface area contributed by atoms with Crippen LogP contribution in [-0.4, -0.2) is 18.6 Å². The van der Waals surface area contributed by atoms with Crippen LogP contribution in [0.5, 0.6) is 5.75 Å². The lowest BCUT2D eigenvalue weighted by Gasteiger charge is -2.16. The number of hydrogen-bond acceptors (Lipinski definition) is 3. The van der Waals surface area contributed by atoms with E-state index in [0.717, 1.165) is 18.6 Å². The van der Waals surface area contributed by atoms with Gasteiger partial charge in [-0.2, -0.15) is 0 Å². The van der Waals surface area contributed by atoms with E-state index in [1.807, 2.05) is 26.2 Å². The summed E-state index contributed by atoms with van der Waals surface area (Å²) >= 11 is 0. The average Bonchev–Trinajstić information content (AvgIpc) is 2.50. The smallest absolute Gasteiger partial charge is 0.137 e. The average molecular weight is 270 g/mol. The summed E-state index contributed by atoms with van der Waals surface area (Å²) in [5.74, 6) is 0.853. The van der Waals surface area contributed by atoms with Crippen LogP contribution in [0.2, 0.25) is 0 Å². The molecule has 3 nitrogen and oxygen atoms in total. The van der Waals surface area contributed by atoms with Crippen LogP contribution in [0.25, 0.3) is 0 Å². The molecule has 106 valence electrons. The highest BCUT2D eigenvalue weighted by Crippen LogP contribution is 2.20. The second kappa shape index (κ2) is 7.65. The van der Waals surface area contributed by atoms with Crippen molar-refractivity contribution >= 4 is 0 Å². The van der Waals surface area contributed by atoms with Crippen LogP contribution in [-0.2, 0) is 6.42 Å². The van der Waals surface area contributed by atoms with Gasteiger partial charge in [0.1, 0.15) is 5.75 Å². The van der Waals surface area contributed by atoms with E-state index in [-0.39, 0.29) is 0 Å². The predicted molar refractivity (Wildman–Crippen MR) is 82.0 cm³/mol. The molecular formula is C17H22N2O. The fourth-order valence-electron chi connectivity index (χ4n) is 2.32. The SMILES string of the molecule is CCOc1cncc(CCC(NC)c2ccccc2)c1. The first-order valence-electron chi connectivity index (χ1n) is 7.12. The van der Waals surface area contributed by atoms with Crippen molar-refractivity contribution in [3.8, 4) is 5.75 Å². The number of hydrogen-bond donors (Lipinski definition) is 1. The third-order valence-electron chi connectivity index (χ3n) is 3.35. The Morgan fingerprint density at radius 1 is 1.20 bits per heavy atom. The maximum atomic E-state index is 5.49. The molecule has 0 radical (unpaired) electrons. The minimum absolute atomic E-state index is 0.368. The van der Waals surface area contributed by atoms with Crippen molar-refractivity contribution in [2.24, 2.45) is 0 Å². The molecule has 1 N–H and O–H groups in total. The normalized spacial score (nSPS) is 12.1. The number of benzene rings is 1. The number of nitrogens with zero attached hydrogens (tertiary/aromatic N) is 1. The fourth-order valence-corrected chi connectivity index (χ4v) is 2.32. The van der Waals surface area contributed by atoms with E-state index in [9.17, 15) is 0 Å². The first-order chi connectivity index (χ1) is 9.83. The Morgan fingerprint density at radius 2 is 2.00 bits per heavy atom. The van der Waals surface area contributed by atoms with Crippen molar-refractivity contribution in [1.82, 2.24) is 10.3 Å². The maximum absolute atomic E-state index is 5.49. The zero-order chi connectivity index (χ0) is 14.2. The highest BCUT2D eigenvalue weighted by Gasteiger charge is 2.09. The van der Waals surface area contributed by atoms with Gasteiger partial charge in [-0.15, -0.1) is 0 Å². The summed E-state index contributed by atoms with van der Waals surface area (Å²) in [5.41, 5.74) is 2.54. The third-order valence-corrected chi connectivity index (χ3v) is 3.35. The van der Waals surface area contributed by atoms with Crippen LogP contribution < -0.4 is 10.1 Å². The first-order valence-corrected chi connectivity index (χ1v) is 7.12. The van der Waals surface area contributed by atoms with Crippen LogP contribution in [0, 0.1) is 0 Å². The molecule has 0 saturated heterocycles. The van der Waals surface area contributed by atoms with E-state index in [0.29, 0.717) is 12.6 Å². The van der Waals surface area contributed by atoms with Crippen LogP contribution in [0.3, 0.4) is 0 Å². The first kappa shape index (κ1) is 14.5. The molecule has 0 aliphatic carbocycles. The molecule has 1 unspecified atom stereocenters. The Balaban J connectivity index is 1.98. The molecule has 1 aromatic carbocycles. The third kappa shape index (κ3) is 4.07. The van der Waals surface area contributed by atoms with E-state index in [1.54, 1.807) is 6.20 Å². The van der Waals surface area contributed by atoms with Crippen LogP contribution in [0.4, 0.5) is 0 Å². The van der Waals surface area contributed by atoms with Crippen molar-refractivity contribution in [1.29, 1.82) is 0 Å². The lowest BCUT2D eigenvalue weighted by Crippen LogP contribution is -2.17. The van der Waals surface area contributed by atoms with Gasteiger partial charge in [-0.25, -0.2) is 0 Å². The molecule has 20 heavy (non-hydrogen) atoms. The summed E-state index contributed by atoms with van der Waals surface area (Å²) in [6.07, 6.45) is 5.70. The number of rotatable bonds is 7. The topological polar surface area (TPSA) is 34.1 Å². The zero-order valence-electron chi connectivity index (χ0n) is 12.2. The Hall–Kier alpha value is -1.87. The van der Waals surface area contributed by atoms with Crippen molar-refractivity contribution < 1.29 is 4.74 Å². The highest BCUT2D eigenvalue weighted by molar-refractivity contribution is 5.24. The van der Waals surface area contributed by atoms with Gasteiger partial charge in [0, 0.05) is 12.2 Å². The molecule has 2 rings (SSSR count). The van der Waals surface area contributed by atoms with Gasteiger partial charge < -0.3 is 10.1 Å². The van der Waals surface area contributed by atoms with Gasteiger partial charge in [-0.1, -0.05) is 30.3 Å². The molecule has 0 bridgehead atoms. The van der Waals surface area contributed by atoms with Gasteiger partial charge in [-0.3, -0.25) is 4.98 Å². The van der Waals surface area contributed by atoms with E-state index < -0.39 is 0 Å². The summed E-state index contributed by atoms with van der Waals surface area (Å²) in [7, 11) is 2.01. The molecule has 0 spiro atoms. The fraction of sp³-hybridized carbons (Fsp3) is 0.353. The largest absolute Gasteiger partial charge is 0.492 e. The molecule has 3 heteroatoms. The van der Waals surface area contributed by atoms with Gasteiger partial charge >= 0.3 is 0 Å². The Bertz CT molecular complexity index is 513. The minimum atomic E-state index is 0.368. The van der Waals surface area contributed by atoms with Crippen molar-refractivity contribution in [3.05, 3.63) is 59.9 Å². The molecule has 0 aliphatic rings. The second-order valence-corrected chi connectivity index (χ2v) is 4.75. The number of aryl methyl sites for hydroxylation is 1. The summed E-state index contributed by atoms with van der Waals surface area (Å²) in [6.45, 7) is 2.66. The lowest BCUT2D eigenvalue weighted by atomic mass is 10.00. The van der Waals surface area contributed by atoms with Crippen molar-refractivity contribution in [2.75, 3.05) is 13.7 Å². The van der Waals surface area contributed by atoms with Gasteiger partial charge in [-0.05, 0) is 44.0 Å². The molecule has 0 aliphatic heterocycles. The van der Waals surface area contributed by atoms with Gasteiger partial charge in [0.2, 0.25) is 0 Å². The summed E-state index contributed by atoms with van der Waals surface area (Å²) < 4.78 is 5.49. The van der Waals surface area contributed by atoms with E-state index in [4.69, 9.17) is 4.74 Å². The molecule has 0 amide bonds. The standard InChI is InChI=1S/C17H22N2O/c1-3-20-16-11-14(12-19-13-16)9-10-17(18-2)15-7-5-4-6-8-15/h4-8,11-13,17-18H,3,9-10H2,1-2H3. The lowest BCUT2D eigenvalue weighted by molar-refractivity contribution is 0.338. The van der Waals surface area contributed by atoms with Crippen molar-refractivity contribution in [3.63, 3.8) is 0 Å². The number of nitrogens with one attached hydrogen (secondary N) is 1. The Kier molecular flexibility index (Phi) is 5.56. The van der Waals surface area contributed by atoms with E-state index >= 15 is 0 Å². The molecule has 1 heterocycles. The Morgan fingerprint density at radius 3 is 2.70 bits per heavy atom. The Labute approximate surface area is 121 Å². The zero-order valence-corrected chi connectivity index (χ0v) is 12.2. The molecule has 0 saturated carbocycles. The number of ether oxygens (including phenoxy) is 1. The molecule has 2 aromatic rings.